The number of hydrogen-bond donors (Lipinski definition) is 1. The molecule has 2 rings (SSSR count). The molecule has 1 aromatic rings. The zero-order valence-corrected chi connectivity index (χ0v) is 6.78. The average molecular weight is 166 g/mol. The Hall–Kier alpha value is -1.22. The molecule has 0 saturated carbocycles. The fraction of sp³-hybridized carbons (Fsp3) is 0.333. The number of benzene rings is 1. The zero-order valence-electron chi connectivity index (χ0n) is 6.78. The molecule has 1 aromatic carbocycles. The highest BCUT2D eigenvalue weighted by Crippen LogP contribution is 2.37. The summed E-state index contributed by atoms with van der Waals surface area (Å²) in [5.41, 5.74) is 0.775. The van der Waals surface area contributed by atoms with Crippen LogP contribution in [0, 0.1) is 0 Å². The summed E-state index contributed by atoms with van der Waals surface area (Å²) in [7, 11) is 0. The molecule has 0 bridgehead atoms. The highest BCUT2D eigenvalue weighted by molar-refractivity contribution is 5.48. The van der Waals surface area contributed by atoms with Crippen LogP contribution in [0.5, 0.6) is 11.5 Å². The van der Waals surface area contributed by atoms with Crippen LogP contribution in [0.15, 0.2) is 18.2 Å². The van der Waals surface area contributed by atoms with E-state index in [9.17, 15) is 0 Å². The molecule has 3 nitrogen and oxygen atoms in total. The van der Waals surface area contributed by atoms with Crippen molar-refractivity contribution in [1.29, 1.82) is 0 Å². The molecule has 0 aliphatic carbocycles. The van der Waals surface area contributed by atoms with Crippen molar-refractivity contribution < 1.29 is 14.6 Å². The van der Waals surface area contributed by atoms with E-state index in [4.69, 9.17) is 14.6 Å². The summed E-state index contributed by atoms with van der Waals surface area (Å²) in [6, 6.07) is 5.49. The van der Waals surface area contributed by atoms with E-state index >= 15 is 0 Å². The Labute approximate surface area is 70.5 Å². The van der Waals surface area contributed by atoms with E-state index in [1.807, 2.05) is 25.1 Å². The Balaban J connectivity index is 2.44. The molecule has 0 fully saturated rings. The highest BCUT2D eigenvalue weighted by Gasteiger charge is 2.22. The van der Waals surface area contributed by atoms with Crippen LogP contribution in [-0.4, -0.2) is 11.4 Å². The van der Waals surface area contributed by atoms with Gasteiger partial charge in [-0.05, 0) is 6.07 Å². The molecule has 1 aliphatic heterocycles. The van der Waals surface area contributed by atoms with Gasteiger partial charge in [0.1, 0.15) is 0 Å². The molecule has 1 N–H and O–H groups in total. The summed E-state index contributed by atoms with van der Waals surface area (Å²) < 4.78 is 10.7. The van der Waals surface area contributed by atoms with Gasteiger partial charge in [-0.1, -0.05) is 12.1 Å². The van der Waals surface area contributed by atoms with Crippen LogP contribution >= 0.6 is 0 Å². The van der Waals surface area contributed by atoms with Crippen molar-refractivity contribution >= 4 is 0 Å². The lowest BCUT2D eigenvalue weighted by molar-refractivity contribution is 0.0667. The molecular weight excluding hydrogens is 156 g/mol. The van der Waals surface area contributed by atoms with Crippen LogP contribution in [0.3, 0.4) is 0 Å². The van der Waals surface area contributed by atoms with E-state index in [0.29, 0.717) is 11.5 Å². The maximum atomic E-state index is 8.95. The number of ether oxygens (including phenoxy) is 2. The molecule has 0 aromatic heterocycles. The van der Waals surface area contributed by atoms with Crippen molar-refractivity contribution in [2.24, 2.45) is 0 Å². The molecule has 1 unspecified atom stereocenters. The van der Waals surface area contributed by atoms with Gasteiger partial charge >= 0.3 is 0 Å². The second-order valence-electron chi connectivity index (χ2n) is 2.71. The quantitative estimate of drug-likeness (QED) is 0.683. The van der Waals surface area contributed by atoms with Crippen LogP contribution in [-0.2, 0) is 6.61 Å². The minimum atomic E-state index is -0.243. The van der Waals surface area contributed by atoms with E-state index in [-0.39, 0.29) is 12.9 Å². The number of rotatable bonds is 1. The number of aliphatic hydroxyl groups excluding tert-OH is 1. The van der Waals surface area contributed by atoms with Crippen LogP contribution < -0.4 is 9.47 Å². The van der Waals surface area contributed by atoms with E-state index in [1.165, 1.54) is 0 Å². The van der Waals surface area contributed by atoms with Gasteiger partial charge in [-0.2, -0.15) is 0 Å². The molecule has 12 heavy (non-hydrogen) atoms. The predicted molar refractivity (Wildman–Crippen MR) is 43.1 cm³/mol. The van der Waals surface area contributed by atoms with Crippen LogP contribution in [0.2, 0.25) is 0 Å². The Morgan fingerprint density at radius 1 is 1.42 bits per heavy atom. The Morgan fingerprint density at radius 3 is 3.00 bits per heavy atom. The molecule has 0 radical (unpaired) electrons. The van der Waals surface area contributed by atoms with Gasteiger partial charge in [0.25, 0.3) is 0 Å². The van der Waals surface area contributed by atoms with Gasteiger partial charge in [0.15, 0.2) is 11.5 Å². The standard InChI is InChI=1S/C9H10O3/c1-6-11-8-4-2-3-7(5-10)9(8)12-6/h2-4,6,10H,5H2,1H3. The lowest BCUT2D eigenvalue weighted by Gasteiger charge is -2.02. The molecule has 1 atom stereocenters. The van der Waals surface area contributed by atoms with E-state index < -0.39 is 0 Å². The second kappa shape index (κ2) is 2.68. The summed E-state index contributed by atoms with van der Waals surface area (Å²) >= 11 is 0. The third-order valence-electron chi connectivity index (χ3n) is 1.81. The second-order valence-corrected chi connectivity index (χ2v) is 2.71. The van der Waals surface area contributed by atoms with Gasteiger partial charge in [0, 0.05) is 12.5 Å². The Morgan fingerprint density at radius 2 is 2.25 bits per heavy atom. The highest BCUT2D eigenvalue weighted by atomic mass is 16.7. The summed E-state index contributed by atoms with van der Waals surface area (Å²) in [4.78, 5) is 0. The van der Waals surface area contributed by atoms with Gasteiger partial charge in [-0.3, -0.25) is 0 Å². The fourth-order valence-electron chi connectivity index (χ4n) is 1.28. The third kappa shape index (κ3) is 1.02. The maximum absolute atomic E-state index is 8.95. The molecule has 0 saturated heterocycles. The van der Waals surface area contributed by atoms with Crippen molar-refractivity contribution in [2.45, 2.75) is 19.8 Å². The fourth-order valence-corrected chi connectivity index (χ4v) is 1.28. The summed E-state index contributed by atoms with van der Waals surface area (Å²) in [6.45, 7) is 1.81. The molecule has 0 amide bonds. The number of para-hydroxylation sites is 1. The van der Waals surface area contributed by atoms with E-state index in [0.717, 1.165) is 5.56 Å². The lowest BCUT2D eigenvalue weighted by Crippen LogP contribution is -2.11. The first kappa shape index (κ1) is 7.43. The minimum absolute atomic E-state index is 0.0146. The largest absolute Gasteiger partial charge is 0.451 e. The smallest absolute Gasteiger partial charge is 0.238 e. The average Bonchev–Trinajstić information content (AvgIpc) is 2.44. The summed E-state index contributed by atoms with van der Waals surface area (Å²) in [5.74, 6) is 1.39. The first-order chi connectivity index (χ1) is 5.81. The van der Waals surface area contributed by atoms with Crippen molar-refractivity contribution in [3.05, 3.63) is 23.8 Å². The van der Waals surface area contributed by atoms with Crippen molar-refractivity contribution in [2.75, 3.05) is 0 Å². The Kier molecular flexibility index (Phi) is 1.66. The molecule has 1 heterocycles. The maximum Gasteiger partial charge on any atom is 0.238 e. The van der Waals surface area contributed by atoms with Crippen molar-refractivity contribution in [3.63, 3.8) is 0 Å². The van der Waals surface area contributed by atoms with Gasteiger partial charge in [0.2, 0.25) is 6.29 Å². The summed E-state index contributed by atoms with van der Waals surface area (Å²) in [5, 5.41) is 8.95. The number of fused-ring (bicyclic) bond motifs is 1. The van der Waals surface area contributed by atoms with Gasteiger partial charge in [0.05, 0.1) is 6.61 Å². The predicted octanol–water partition coefficient (Wildman–Crippen LogP) is 1.30. The SMILES string of the molecule is CC1Oc2cccc(CO)c2O1. The number of hydrogen-bond acceptors (Lipinski definition) is 3. The van der Waals surface area contributed by atoms with E-state index in [1.54, 1.807) is 0 Å². The minimum Gasteiger partial charge on any atom is -0.451 e. The summed E-state index contributed by atoms with van der Waals surface area (Å²) in [6.07, 6.45) is -0.243. The number of aliphatic hydroxyl groups is 1. The molecule has 64 valence electrons. The monoisotopic (exact) mass is 166 g/mol. The van der Waals surface area contributed by atoms with E-state index in [2.05, 4.69) is 0 Å². The van der Waals surface area contributed by atoms with Crippen LogP contribution in [0.1, 0.15) is 12.5 Å². The van der Waals surface area contributed by atoms with Crippen LogP contribution in [0.25, 0.3) is 0 Å². The zero-order chi connectivity index (χ0) is 8.55. The van der Waals surface area contributed by atoms with Gasteiger partial charge in [-0.25, -0.2) is 0 Å². The first-order valence-electron chi connectivity index (χ1n) is 3.87. The molecule has 3 heteroatoms. The van der Waals surface area contributed by atoms with Gasteiger partial charge in [-0.15, -0.1) is 0 Å². The van der Waals surface area contributed by atoms with Crippen molar-refractivity contribution in [3.8, 4) is 11.5 Å². The Bertz CT molecular complexity index is 296. The van der Waals surface area contributed by atoms with Crippen LogP contribution in [0.4, 0.5) is 0 Å². The van der Waals surface area contributed by atoms with Gasteiger partial charge < -0.3 is 14.6 Å². The normalized spacial score (nSPS) is 19.7. The molecule has 1 aliphatic rings. The lowest BCUT2D eigenvalue weighted by atomic mass is 10.2. The van der Waals surface area contributed by atoms with Crippen molar-refractivity contribution in [1.82, 2.24) is 0 Å². The molecular formula is C9H10O3. The molecule has 0 spiro atoms. The first-order valence-corrected chi connectivity index (χ1v) is 3.87. The topological polar surface area (TPSA) is 38.7 Å². The third-order valence-corrected chi connectivity index (χ3v) is 1.81.